The van der Waals surface area contributed by atoms with E-state index in [0.717, 1.165) is 56.2 Å². The van der Waals surface area contributed by atoms with Crippen LogP contribution in [0.3, 0.4) is 0 Å². The lowest BCUT2D eigenvalue weighted by Gasteiger charge is -2.39. The van der Waals surface area contributed by atoms with Gasteiger partial charge in [0, 0.05) is 17.5 Å². The lowest BCUT2D eigenvalue weighted by atomic mass is 9.75. The number of aldehydes is 1. The van der Waals surface area contributed by atoms with Crippen molar-refractivity contribution in [2.75, 3.05) is 13.1 Å². The zero-order valence-corrected chi connectivity index (χ0v) is 15.5. The first-order valence-corrected chi connectivity index (χ1v) is 9.40. The summed E-state index contributed by atoms with van der Waals surface area (Å²) < 4.78 is 0. The number of carbonyl (C=O) groups is 2. The first-order valence-electron chi connectivity index (χ1n) is 9.40. The largest absolute Gasteiger partial charge is 0.303 e. The highest BCUT2D eigenvalue weighted by atomic mass is 16.1. The molecule has 2 atom stereocenters. The number of hydrogen-bond donors (Lipinski definition) is 0. The van der Waals surface area contributed by atoms with Gasteiger partial charge < -0.3 is 4.79 Å². The van der Waals surface area contributed by atoms with Gasteiger partial charge in [-0.1, -0.05) is 45.9 Å². The molecule has 0 bridgehead atoms. The SMILES string of the molecule is CCCN(CCC)C1CCc2cccc(C(=O)C(C)C)c2C1C=O. The molecule has 24 heavy (non-hydrogen) atoms. The summed E-state index contributed by atoms with van der Waals surface area (Å²) in [6, 6.07) is 6.18. The molecule has 0 radical (unpaired) electrons. The van der Waals surface area contributed by atoms with Gasteiger partial charge in [-0.3, -0.25) is 9.69 Å². The maximum Gasteiger partial charge on any atom is 0.165 e. The number of hydrogen-bond acceptors (Lipinski definition) is 3. The molecule has 1 aromatic carbocycles. The van der Waals surface area contributed by atoms with E-state index in [0.29, 0.717) is 0 Å². The van der Waals surface area contributed by atoms with Crippen LogP contribution in [0.25, 0.3) is 0 Å². The number of benzene rings is 1. The molecule has 2 unspecified atom stereocenters. The van der Waals surface area contributed by atoms with Crippen molar-refractivity contribution >= 4 is 12.1 Å². The molecule has 1 aliphatic carbocycles. The summed E-state index contributed by atoms with van der Waals surface area (Å²) in [7, 11) is 0. The molecule has 3 nitrogen and oxygen atoms in total. The van der Waals surface area contributed by atoms with E-state index in [1.165, 1.54) is 5.56 Å². The summed E-state index contributed by atoms with van der Waals surface area (Å²) in [5.74, 6) is -0.0887. The Balaban J connectivity index is 2.46. The van der Waals surface area contributed by atoms with Crippen molar-refractivity contribution < 1.29 is 9.59 Å². The van der Waals surface area contributed by atoms with Crippen LogP contribution in [0, 0.1) is 5.92 Å². The quantitative estimate of drug-likeness (QED) is 0.529. The molecule has 0 spiro atoms. The molecule has 0 fully saturated rings. The fourth-order valence-electron chi connectivity index (χ4n) is 4.01. The van der Waals surface area contributed by atoms with Crippen molar-refractivity contribution in [3.05, 3.63) is 34.9 Å². The Labute approximate surface area is 146 Å². The Morgan fingerprint density at radius 2 is 1.92 bits per heavy atom. The van der Waals surface area contributed by atoms with E-state index < -0.39 is 0 Å². The van der Waals surface area contributed by atoms with Crippen LogP contribution in [0.15, 0.2) is 18.2 Å². The number of rotatable bonds is 8. The van der Waals surface area contributed by atoms with Crippen molar-refractivity contribution in [1.82, 2.24) is 4.90 Å². The number of carbonyl (C=O) groups excluding carboxylic acids is 2. The number of nitrogens with zero attached hydrogens (tertiary/aromatic N) is 1. The summed E-state index contributed by atoms with van der Waals surface area (Å²) in [5.41, 5.74) is 2.94. The Bertz CT molecular complexity index is 573. The molecule has 1 aliphatic rings. The average molecular weight is 329 g/mol. The van der Waals surface area contributed by atoms with Crippen molar-refractivity contribution in [3.63, 3.8) is 0 Å². The molecular weight excluding hydrogens is 298 g/mol. The van der Waals surface area contributed by atoms with Crippen LogP contribution in [0.5, 0.6) is 0 Å². The number of ketones is 1. The average Bonchev–Trinajstić information content (AvgIpc) is 2.59. The lowest BCUT2D eigenvalue weighted by Crippen LogP contribution is -2.44. The van der Waals surface area contributed by atoms with Crippen LogP contribution >= 0.6 is 0 Å². The Hall–Kier alpha value is -1.48. The normalized spacial score (nSPS) is 20.2. The van der Waals surface area contributed by atoms with Gasteiger partial charge in [-0.05, 0) is 49.9 Å². The van der Waals surface area contributed by atoms with E-state index in [2.05, 4.69) is 24.8 Å². The van der Waals surface area contributed by atoms with Crippen LogP contribution in [-0.4, -0.2) is 36.1 Å². The molecule has 0 heterocycles. The smallest absolute Gasteiger partial charge is 0.165 e. The standard InChI is InChI=1S/C21H31NO2/c1-5-12-22(13-6-2)19-11-10-16-8-7-9-17(21(24)15(3)4)20(16)18(19)14-23/h7-9,14-15,18-19H,5-6,10-13H2,1-4H3. The second kappa shape index (κ2) is 8.57. The zero-order chi connectivity index (χ0) is 17.7. The van der Waals surface area contributed by atoms with Crippen molar-refractivity contribution in [1.29, 1.82) is 0 Å². The zero-order valence-electron chi connectivity index (χ0n) is 15.5. The summed E-state index contributed by atoms with van der Waals surface area (Å²) in [4.78, 5) is 27.2. The second-order valence-corrected chi connectivity index (χ2v) is 7.20. The highest BCUT2D eigenvalue weighted by Crippen LogP contribution is 2.37. The van der Waals surface area contributed by atoms with E-state index in [9.17, 15) is 9.59 Å². The third kappa shape index (κ3) is 3.77. The summed E-state index contributed by atoms with van der Waals surface area (Å²) in [6.45, 7) is 10.2. The van der Waals surface area contributed by atoms with Crippen LogP contribution in [-0.2, 0) is 11.2 Å². The predicted octanol–water partition coefficient (Wildman–Crippen LogP) is 4.24. The molecule has 0 N–H and O–H groups in total. The third-order valence-electron chi connectivity index (χ3n) is 5.08. The minimum atomic E-state index is -0.189. The first-order chi connectivity index (χ1) is 11.5. The predicted molar refractivity (Wildman–Crippen MR) is 98.7 cm³/mol. The van der Waals surface area contributed by atoms with Crippen molar-refractivity contribution in [3.8, 4) is 0 Å². The minimum absolute atomic E-state index is 0.0495. The highest BCUT2D eigenvalue weighted by molar-refractivity contribution is 6.00. The minimum Gasteiger partial charge on any atom is -0.303 e. The van der Waals surface area contributed by atoms with Gasteiger partial charge in [0.1, 0.15) is 6.29 Å². The van der Waals surface area contributed by atoms with Crippen molar-refractivity contribution in [2.24, 2.45) is 5.92 Å². The number of fused-ring (bicyclic) bond motifs is 1. The molecule has 2 rings (SSSR count). The topological polar surface area (TPSA) is 37.4 Å². The summed E-state index contributed by atoms with van der Waals surface area (Å²) in [5, 5.41) is 0. The van der Waals surface area contributed by atoms with E-state index in [-0.39, 0.29) is 23.7 Å². The van der Waals surface area contributed by atoms with E-state index in [1.54, 1.807) is 0 Å². The molecule has 0 saturated heterocycles. The van der Waals surface area contributed by atoms with Gasteiger partial charge in [0.2, 0.25) is 0 Å². The molecular formula is C21H31NO2. The summed E-state index contributed by atoms with van der Waals surface area (Å²) >= 11 is 0. The first kappa shape index (κ1) is 18.9. The molecule has 1 aromatic rings. The number of Topliss-reactive ketones (excluding diaryl/α,β-unsaturated/α-hetero) is 1. The summed E-state index contributed by atoms with van der Waals surface area (Å²) in [6.07, 6.45) is 5.20. The molecule has 132 valence electrons. The Morgan fingerprint density at radius 1 is 1.25 bits per heavy atom. The molecule has 0 aliphatic heterocycles. The van der Waals surface area contributed by atoms with E-state index in [4.69, 9.17) is 0 Å². The molecule has 0 saturated carbocycles. The second-order valence-electron chi connectivity index (χ2n) is 7.20. The molecule has 0 amide bonds. The highest BCUT2D eigenvalue weighted by Gasteiger charge is 2.35. The van der Waals surface area contributed by atoms with Gasteiger partial charge in [0.05, 0.1) is 5.92 Å². The van der Waals surface area contributed by atoms with Gasteiger partial charge in [0.25, 0.3) is 0 Å². The van der Waals surface area contributed by atoms with Gasteiger partial charge in [-0.25, -0.2) is 0 Å². The van der Waals surface area contributed by atoms with Gasteiger partial charge >= 0.3 is 0 Å². The van der Waals surface area contributed by atoms with Crippen LogP contribution in [0.1, 0.15) is 74.4 Å². The van der Waals surface area contributed by atoms with E-state index >= 15 is 0 Å². The Kier molecular flexibility index (Phi) is 6.73. The van der Waals surface area contributed by atoms with Crippen molar-refractivity contribution in [2.45, 2.75) is 65.3 Å². The maximum atomic E-state index is 12.7. The maximum absolute atomic E-state index is 12.7. The van der Waals surface area contributed by atoms with E-state index in [1.807, 2.05) is 26.0 Å². The van der Waals surface area contributed by atoms with Crippen LogP contribution in [0.4, 0.5) is 0 Å². The number of aryl methyl sites for hydroxylation is 1. The van der Waals surface area contributed by atoms with Gasteiger partial charge in [0.15, 0.2) is 5.78 Å². The van der Waals surface area contributed by atoms with Gasteiger partial charge in [-0.2, -0.15) is 0 Å². The molecule has 0 aromatic heterocycles. The fraction of sp³-hybridized carbons (Fsp3) is 0.619. The van der Waals surface area contributed by atoms with Gasteiger partial charge in [-0.15, -0.1) is 0 Å². The van der Waals surface area contributed by atoms with Crippen LogP contribution < -0.4 is 0 Å². The third-order valence-corrected chi connectivity index (χ3v) is 5.08. The molecule has 3 heteroatoms. The lowest BCUT2D eigenvalue weighted by molar-refractivity contribution is -0.110. The fourth-order valence-corrected chi connectivity index (χ4v) is 4.01. The monoisotopic (exact) mass is 329 g/mol. The van der Waals surface area contributed by atoms with Crippen LogP contribution in [0.2, 0.25) is 0 Å². The Morgan fingerprint density at radius 3 is 2.46 bits per heavy atom.